The number of ether oxygens (including phenoxy) is 3. The molecule has 0 fully saturated rings. The van der Waals surface area contributed by atoms with Crippen molar-refractivity contribution in [2.24, 2.45) is 0 Å². The van der Waals surface area contributed by atoms with Gasteiger partial charge in [0.2, 0.25) is 11.7 Å². The Kier molecular flexibility index (Phi) is 6.47. The molecule has 134 valence electrons. The molecule has 0 N–H and O–H groups in total. The van der Waals surface area contributed by atoms with E-state index in [4.69, 9.17) is 14.2 Å². The third-order valence-electron chi connectivity index (χ3n) is 3.83. The average molecular weight is 361 g/mol. The van der Waals surface area contributed by atoms with Crippen molar-refractivity contribution >= 4 is 23.3 Å². The van der Waals surface area contributed by atoms with Crippen LogP contribution < -0.4 is 14.2 Å². The van der Waals surface area contributed by atoms with E-state index in [1.165, 1.54) is 10.4 Å². The number of aryl methyl sites for hydroxylation is 1. The lowest BCUT2D eigenvalue weighted by molar-refractivity contribution is -0.125. The first-order valence-electron chi connectivity index (χ1n) is 7.76. The zero-order valence-corrected chi connectivity index (χ0v) is 16.0. The van der Waals surface area contributed by atoms with Crippen LogP contribution in [0.25, 0.3) is 6.08 Å². The fraction of sp³-hybridized carbons (Fsp3) is 0.316. The summed E-state index contributed by atoms with van der Waals surface area (Å²) in [7, 11) is 6.47. The lowest BCUT2D eigenvalue weighted by Crippen LogP contribution is -2.23. The third kappa shape index (κ3) is 4.54. The largest absolute Gasteiger partial charge is 0.493 e. The molecule has 0 atom stereocenters. The molecule has 2 rings (SSSR count). The number of nitrogens with zero attached hydrogens (tertiary/aromatic N) is 1. The van der Waals surface area contributed by atoms with Crippen LogP contribution in [0.2, 0.25) is 0 Å². The summed E-state index contributed by atoms with van der Waals surface area (Å²) in [6, 6.07) is 5.66. The number of hydrogen-bond acceptors (Lipinski definition) is 5. The summed E-state index contributed by atoms with van der Waals surface area (Å²) in [5.74, 6) is 1.56. The van der Waals surface area contributed by atoms with Gasteiger partial charge in [-0.2, -0.15) is 0 Å². The summed E-state index contributed by atoms with van der Waals surface area (Å²) in [6.45, 7) is 2.65. The van der Waals surface area contributed by atoms with Gasteiger partial charge in [-0.25, -0.2) is 0 Å². The number of carbonyl (C=O) groups is 1. The molecule has 1 aromatic carbocycles. The molecule has 0 aliphatic rings. The van der Waals surface area contributed by atoms with E-state index in [1.54, 1.807) is 68.9 Å². The van der Waals surface area contributed by atoms with Gasteiger partial charge in [0, 0.05) is 18.0 Å². The number of likely N-dealkylation sites (N-methyl/N-ethyl adjacent to an activating group) is 1. The monoisotopic (exact) mass is 361 g/mol. The quantitative estimate of drug-likeness (QED) is 0.705. The first kappa shape index (κ1) is 18.9. The highest BCUT2D eigenvalue weighted by molar-refractivity contribution is 7.10. The summed E-state index contributed by atoms with van der Waals surface area (Å²) < 4.78 is 15.9. The smallest absolute Gasteiger partial charge is 0.246 e. The molecule has 0 saturated carbocycles. The van der Waals surface area contributed by atoms with E-state index in [1.807, 2.05) is 5.38 Å². The predicted molar refractivity (Wildman–Crippen MR) is 101 cm³/mol. The van der Waals surface area contributed by atoms with Crippen molar-refractivity contribution in [2.75, 3.05) is 28.4 Å². The molecule has 6 heteroatoms. The van der Waals surface area contributed by atoms with Crippen molar-refractivity contribution in [3.05, 3.63) is 45.7 Å². The van der Waals surface area contributed by atoms with E-state index < -0.39 is 0 Å². The van der Waals surface area contributed by atoms with E-state index in [0.717, 1.165) is 5.56 Å². The van der Waals surface area contributed by atoms with E-state index in [-0.39, 0.29) is 5.91 Å². The molecule has 1 amide bonds. The maximum atomic E-state index is 12.3. The molecule has 0 aliphatic carbocycles. The highest BCUT2D eigenvalue weighted by atomic mass is 32.1. The molecule has 1 aromatic heterocycles. The second-order valence-corrected chi connectivity index (χ2v) is 6.51. The Morgan fingerprint density at radius 2 is 1.80 bits per heavy atom. The molecule has 1 heterocycles. The summed E-state index contributed by atoms with van der Waals surface area (Å²) in [5.41, 5.74) is 2.00. The van der Waals surface area contributed by atoms with Gasteiger partial charge in [0.1, 0.15) is 0 Å². The molecular formula is C19H23NO4S. The second-order valence-electron chi connectivity index (χ2n) is 5.51. The van der Waals surface area contributed by atoms with Crippen molar-refractivity contribution in [2.45, 2.75) is 13.5 Å². The molecular weight excluding hydrogens is 338 g/mol. The van der Waals surface area contributed by atoms with Crippen LogP contribution in [0.1, 0.15) is 16.0 Å². The predicted octanol–water partition coefficient (Wildman–Crippen LogP) is 3.75. The summed E-state index contributed by atoms with van der Waals surface area (Å²) in [4.78, 5) is 15.2. The van der Waals surface area contributed by atoms with E-state index >= 15 is 0 Å². The Morgan fingerprint density at radius 3 is 2.28 bits per heavy atom. The molecule has 0 unspecified atom stereocenters. The molecule has 0 bridgehead atoms. The van der Waals surface area contributed by atoms with Crippen LogP contribution in [0.15, 0.2) is 29.7 Å². The number of carbonyl (C=O) groups excluding carboxylic acids is 1. The summed E-state index contributed by atoms with van der Waals surface area (Å²) in [6.07, 6.45) is 3.29. The van der Waals surface area contributed by atoms with Gasteiger partial charge in [-0.05, 0) is 47.7 Å². The molecule has 0 aliphatic heterocycles. The van der Waals surface area contributed by atoms with Crippen LogP contribution in [-0.2, 0) is 11.3 Å². The van der Waals surface area contributed by atoms with Crippen LogP contribution in [0, 0.1) is 6.92 Å². The highest BCUT2D eigenvalue weighted by Gasteiger charge is 2.13. The van der Waals surface area contributed by atoms with Crippen molar-refractivity contribution in [1.82, 2.24) is 4.90 Å². The normalized spacial score (nSPS) is 10.8. The van der Waals surface area contributed by atoms with Gasteiger partial charge in [-0.15, -0.1) is 11.3 Å². The minimum atomic E-state index is -0.0680. The number of hydrogen-bond donors (Lipinski definition) is 0. The molecule has 5 nitrogen and oxygen atoms in total. The standard InChI is InChI=1S/C19H23NO4S/c1-13-8-9-25-17(13)12-20(2)18(21)7-6-14-10-15(22-3)19(24-5)16(11-14)23-4/h6-11H,12H2,1-5H3/b7-6+. The third-order valence-corrected chi connectivity index (χ3v) is 4.84. The van der Waals surface area contributed by atoms with Crippen LogP contribution in [0.3, 0.4) is 0 Å². The van der Waals surface area contributed by atoms with Gasteiger partial charge in [0.25, 0.3) is 0 Å². The Balaban J connectivity index is 2.15. The number of methoxy groups -OCH3 is 3. The highest BCUT2D eigenvalue weighted by Crippen LogP contribution is 2.38. The maximum Gasteiger partial charge on any atom is 0.246 e. The van der Waals surface area contributed by atoms with Gasteiger partial charge >= 0.3 is 0 Å². The maximum absolute atomic E-state index is 12.3. The minimum absolute atomic E-state index is 0.0680. The van der Waals surface area contributed by atoms with Crippen molar-refractivity contribution in [3.8, 4) is 17.2 Å². The van der Waals surface area contributed by atoms with E-state index in [9.17, 15) is 4.79 Å². The van der Waals surface area contributed by atoms with Gasteiger partial charge in [-0.1, -0.05) is 0 Å². The van der Waals surface area contributed by atoms with Crippen molar-refractivity contribution in [3.63, 3.8) is 0 Å². The van der Waals surface area contributed by atoms with Gasteiger partial charge in [-0.3, -0.25) is 4.79 Å². The minimum Gasteiger partial charge on any atom is -0.493 e. The first-order valence-corrected chi connectivity index (χ1v) is 8.64. The van der Waals surface area contributed by atoms with Crippen molar-refractivity contribution in [1.29, 1.82) is 0 Å². The van der Waals surface area contributed by atoms with Crippen LogP contribution in [0.5, 0.6) is 17.2 Å². The topological polar surface area (TPSA) is 48.0 Å². The second kappa shape index (κ2) is 8.58. The first-order chi connectivity index (χ1) is 12.0. The Morgan fingerprint density at radius 1 is 1.16 bits per heavy atom. The lowest BCUT2D eigenvalue weighted by atomic mass is 10.1. The van der Waals surface area contributed by atoms with Crippen LogP contribution in [-0.4, -0.2) is 39.2 Å². The van der Waals surface area contributed by atoms with Gasteiger partial charge in [0.15, 0.2) is 11.5 Å². The molecule has 25 heavy (non-hydrogen) atoms. The Labute approximate surface area is 152 Å². The van der Waals surface area contributed by atoms with E-state index in [2.05, 4.69) is 13.0 Å². The van der Waals surface area contributed by atoms with Crippen LogP contribution >= 0.6 is 11.3 Å². The molecule has 0 saturated heterocycles. The average Bonchev–Trinajstić information content (AvgIpc) is 3.03. The fourth-order valence-electron chi connectivity index (χ4n) is 2.35. The Hall–Kier alpha value is -2.47. The Bertz CT molecular complexity index is 742. The number of rotatable bonds is 7. The summed E-state index contributed by atoms with van der Waals surface area (Å²) >= 11 is 1.66. The lowest BCUT2D eigenvalue weighted by Gasteiger charge is -2.15. The summed E-state index contributed by atoms with van der Waals surface area (Å²) in [5, 5.41) is 2.04. The molecule has 0 radical (unpaired) electrons. The van der Waals surface area contributed by atoms with E-state index in [0.29, 0.717) is 23.8 Å². The zero-order chi connectivity index (χ0) is 18.4. The number of benzene rings is 1. The van der Waals surface area contributed by atoms with Gasteiger partial charge < -0.3 is 19.1 Å². The number of thiophene rings is 1. The molecule has 0 spiro atoms. The fourth-order valence-corrected chi connectivity index (χ4v) is 3.31. The zero-order valence-electron chi connectivity index (χ0n) is 15.2. The van der Waals surface area contributed by atoms with Gasteiger partial charge in [0.05, 0.1) is 27.9 Å². The SMILES string of the molecule is COc1cc(/C=C/C(=O)N(C)Cc2sccc2C)cc(OC)c1OC. The van der Waals surface area contributed by atoms with Crippen molar-refractivity contribution < 1.29 is 19.0 Å². The number of amides is 1. The van der Waals surface area contributed by atoms with Crippen LogP contribution in [0.4, 0.5) is 0 Å². The molecule has 2 aromatic rings.